The Morgan fingerprint density at radius 2 is 2.20 bits per heavy atom. The summed E-state index contributed by atoms with van der Waals surface area (Å²) in [5.41, 5.74) is 1.38. The summed E-state index contributed by atoms with van der Waals surface area (Å²) in [6.07, 6.45) is 3.51. The average molecular weight is 285 g/mol. The fourth-order valence-corrected chi connectivity index (χ4v) is 2.80. The summed E-state index contributed by atoms with van der Waals surface area (Å²) in [6, 6.07) is 7.78. The minimum absolute atomic E-state index is 0.255. The molecule has 3 rings (SSSR count). The monoisotopic (exact) mass is 285 g/mol. The molecule has 0 atom stereocenters. The van der Waals surface area contributed by atoms with Gasteiger partial charge in [0, 0.05) is 23.5 Å². The molecule has 2 heterocycles. The number of rotatable bonds is 3. The van der Waals surface area contributed by atoms with E-state index >= 15 is 0 Å². The molecule has 3 aromatic rings. The highest BCUT2D eigenvalue weighted by Gasteiger charge is 2.14. The number of fused-ring (bicyclic) bond motifs is 1. The maximum absolute atomic E-state index is 11.0. The third-order valence-corrected chi connectivity index (χ3v) is 3.98. The Kier molecular flexibility index (Phi) is 3.08. The first kappa shape index (κ1) is 12.6. The lowest BCUT2D eigenvalue weighted by molar-refractivity contribution is 0.0701. The Morgan fingerprint density at radius 3 is 2.95 bits per heavy atom. The zero-order valence-electron chi connectivity index (χ0n) is 10.6. The van der Waals surface area contributed by atoms with Crippen LogP contribution in [0, 0.1) is 6.92 Å². The lowest BCUT2D eigenvalue weighted by atomic mass is 10.1. The van der Waals surface area contributed by atoms with Gasteiger partial charge in [-0.15, -0.1) is 0 Å². The molecule has 0 aliphatic rings. The first-order valence-electron chi connectivity index (χ1n) is 5.95. The van der Waals surface area contributed by atoms with Crippen LogP contribution in [0.2, 0.25) is 0 Å². The Hall–Kier alpha value is -2.47. The number of thiazole rings is 1. The first-order chi connectivity index (χ1) is 9.65. The van der Waals surface area contributed by atoms with Gasteiger partial charge in [0.1, 0.15) is 4.88 Å². The van der Waals surface area contributed by atoms with Gasteiger partial charge in [-0.2, -0.15) is 0 Å². The van der Waals surface area contributed by atoms with Gasteiger partial charge < -0.3 is 10.4 Å². The number of carbonyl (C=O) groups is 1. The number of hydrogen-bond donors (Lipinski definition) is 2. The van der Waals surface area contributed by atoms with Gasteiger partial charge in [-0.3, -0.25) is 4.98 Å². The van der Waals surface area contributed by atoms with Crippen LogP contribution in [0.3, 0.4) is 0 Å². The molecule has 0 saturated heterocycles. The molecule has 100 valence electrons. The zero-order chi connectivity index (χ0) is 14.1. The topological polar surface area (TPSA) is 75.1 Å². The molecular formula is C14H11N3O2S. The Labute approximate surface area is 118 Å². The summed E-state index contributed by atoms with van der Waals surface area (Å²) in [4.78, 5) is 19.6. The molecule has 0 aliphatic carbocycles. The number of nitrogens with zero attached hydrogens (tertiary/aromatic N) is 2. The van der Waals surface area contributed by atoms with E-state index in [0.29, 0.717) is 10.8 Å². The van der Waals surface area contributed by atoms with Crippen molar-refractivity contribution in [1.29, 1.82) is 0 Å². The molecule has 0 amide bonds. The van der Waals surface area contributed by atoms with Crippen LogP contribution in [0.1, 0.15) is 15.4 Å². The van der Waals surface area contributed by atoms with Crippen LogP contribution in [0.5, 0.6) is 0 Å². The highest BCUT2D eigenvalue weighted by Crippen LogP contribution is 2.29. The highest BCUT2D eigenvalue weighted by atomic mass is 32.1. The average Bonchev–Trinajstić information content (AvgIpc) is 2.80. The van der Waals surface area contributed by atoms with E-state index in [1.165, 1.54) is 0 Å². The highest BCUT2D eigenvalue weighted by molar-refractivity contribution is 7.17. The number of carboxylic acid groups (broad SMARTS) is 1. The van der Waals surface area contributed by atoms with Crippen molar-refractivity contribution >= 4 is 38.9 Å². The molecule has 0 unspecified atom stereocenters. The van der Waals surface area contributed by atoms with Crippen molar-refractivity contribution in [2.75, 3.05) is 5.32 Å². The fraction of sp³-hybridized carbons (Fsp3) is 0.0714. The molecule has 1 aromatic carbocycles. The molecular weight excluding hydrogens is 274 g/mol. The maximum atomic E-state index is 11.0. The van der Waals surface area contributed by atoms with Gasteiger partial charge in [0.15, 0.2) is 5.13 Å². The van der Waals surface area contributed by atoms with Crippen molar-refractivity contribution in [2.45, 2.75) is 6.92 Å². The van der Waals surface area contributed by atoms with Crippen LogP contribution < -0.4 is 5.32 Å². The number of hydrogen-bond acceptors (Lipinski definition) is 5. The Morgan fingerprint density at radius 1 is 1.35 bits per heavy atom. The molecule has 6 heteroatoms. The second-order valence-electron chi connectivity index (χ2n) is 4.27. The summed E-state index contributed by atoms with van der Waals surface area (Å²) in [5, 5.41) is 14.8. The van der Waals surface area contributed by atoms with Crippen molar-refractivity contribution in [1.82, 2.24) is 9.97 Å². The SMILES string of the molecule is Cc1nc(Nc2cccc3ccncc23)sc1C(=O)O. The van der Waals surface area contributed by atoms with Crippen LogP contribution in [0.15, 0.2) is 36.7 Å². The van der Waals surface area contributed by atoms with E-state index in [1.54, 1.807) is 19.3 Å². The van der Waals surface area contributed by atoms with Gasteiger partial charge in [0.25, 0.3) is 0 Å². The third-order valence-electron chi connectivity index (χ3n) is 2.92. The first-order valence-corrected chi connectivity index (χ1v) is 6.77. The number of aryl methyl sites for hydroxylation is 1. The number of nitrogens with one attached hydrogen (secondary N) is 1. The van der Waals surface area contributed by atoms with Crippen molar-refractivity contribution in [3.63, 3.8) is 0 Å². The molecule has 20 heavy (non-hydrogen) atoms. The van der Waals surface area contributed by atoms with E-state index in [2.05, 4.69) is 15.3 Å². The van der Waals surface area contributed by atoms with Crippen LogP contribution >= 0.6 is 11.3 Å². The van der Waals surface area contributed by atoms with Gasteiger partial charge in [-0.05, 0) is 24.4 Å². The molecule has 0 bridgehead atoms. The predicted molar refractivity (Wildman–Crippen MR) is 78.8 cm³/mol. The predicted octanol–water partition coefficient (Wildman–Crippen LogP) is 3.44. The molecule has 0 saturated carbocycles. The number of aromatic nitrogens is 2. The normalized spacial score (nSPS) is 10.7. The molecule has 0 aliphatic heterocycles. The molecule has 5 nitrogen and oxygen atoms in total. The standard InChI is InChI=1S/C14H11N3O2S/c1-8-12(13(18)19)20-14(16-8)17-11-4-2-3-9-5-6-15-7-10(9)11/h2-7H,1H3,(H,16,17)(H,18,19). The smallest absolute Gasteiger partial charge is 0.347 e. The lowest BCUT2D eigenvalue weighted by Crippen LogP contribution is -1.94. The van der Waals surface area contributed by atoms with Gasteiger partial charge in [0.05, 0.1) is 5.69 Å². The van der Waals surface area contributed by atoms with Crippen molar-refractivity contribution < 1.29 is 9.90 Å². The Balaban J connectivity index is 2.01. The Bertz CT molecular complexity index is 793. The largest absolute Gasteiger partial charge is 0.477 e. The van der Waals surface area contributed by atoms with E-state index in [9.17, 15) is 4.79 Å². The number of pyridine rings is 1. The van der Waals surface area contributed by atoms with Crippen molar-refractivity contribution in [3.05, 3.63) is 47.2 Å². The summed E-state index contributed by atoms with van der Waals surface area (Å²) in [7, 11) is 0. The summed E-state index contributed by atoms with van der Waals surface area (Å²) >= 11 is 1.13. The summed E-state index contributed by atoms with van der Waals surface area (Å²) in [5.74, 6) is -0.951. The second-order valence-corrected chi connectivity index (χ2v) is 5.27. The number of carboxylic acids is 1. The van der Waals surface area contributed by atoms with Crippen molar-refractivity contribution in [3.8, 4) is 0 Å². The number of benzene rings is 1. The number of anilines is 2. The van der Waals surface area contributed by atoms with E-state index in [4.69, 9.17) is 5.11 Å². The molecule has 2 N–H and O–H groups in total. The third kappa shape index (κ3) is 2.21. The number of aromatic carboxylic acids is 1. The van der Waals surface area contributed by atoms with E-state index in [1.807, 2.05) is 24.3 Å². The minimum Gasteiger partial charge on any atom is -0.477 e. The van der Waals surface area contributed by atoms with Crippen LogP contribution in [0.4, 0.5) is 10.8 Å². The zero-order valence-corrected chi connectivity index (χ0v) is 11.4. The molecule has 0 spiro atoms. The van der Waals surface area contributed by atoms with Crippen molar-refractivity contribution in [2.24, 2.45) is 0 Å². The summed E-state index contributed by atoms with van der Waals surface area (Å²) < 4.78 is 0. The molecule has 0 radical (unpaired) electrons. The molecule has 2 aromatic heterocycles. The van der Waals surface area contributed by atoms with Crippen LogP contribution in [-0.4, -0.2) is 21.0 Å². The van der Waals surface area contributed by atoms with Crippen LogP contribution in [0.25, 0.3) is 10.8 Å². The fourth-order valence-electron chi connectivity index (χ4n) is 1.99. The second kappa shape index (κ2) is 4.90. The molecule has 0 fully saturated rings. The lowest BCUT2D eigenvalue weighted by Gasteiger charge is -2.06. The van der Waals surface area contributed by atoms with E-state index in [-0.39, 0.29) is 4.88 Å². The van der Waals surface area contributed by atoms with E-state index < -0.39 is 5.97 Å². The maximum Gasteiger partial charge on any atom is 0.347 e. The van der Waals surface area contributed by atoms with Gasteiger partial charge in [0.2, 0.25) is 0 Å². The minimum atomic E-state index is -0.951. The van der Waals surface area contributed by atoms with Crippen LogP contribution in [-0.2, 0) is 0 Å². The summed E-state index contributed by atoms with van der Waals surface area (Å²) in [6.45, 7) is 1.69. The van der Waals surface area contributed by atoms with Gasteiger partial charge in [-0.1, -0.05) is 23.5 Å². The van der Waals surface area contributed by atoms with E-state index in [0.717, 1.165) is 27.8 Å². The van der Waals surface area contributed by atoms with Gasteiger partial charge in [-0.25, -0.2) is 9.78 Å². The van der Waals surface area contributed by atoms with Gasteiger partial charge >= 0.3 is 5.97 Å². The quantitative estimate of drug-likeness (QED) is 0.771.